The molecular formula is C18H23N3O2S. The number of thiazole rings is 1. The number of carbonyl (C=O) groups is 1. The third-order valence-electron chi connectivity index (χ3n) is 4.15. The molecule has 0 aliphatic carbocycles. The number of rotatable bonds is 7. The molecule has 5 nitrogen and oxygen atoms in total. The molecule has 1 aliphatic heterocycles. The van der Waals surface area contributed by atoms with Crippen molar-refractivity contribution in [3.05, 3.63) is 35.3 Å². The van der Waals surface area contributed by atoms with Crippen molar-refractivity contribution in [1.29, 1.82) is 0 Å². The Morgan fingerprint density at radius 2 is 2.25 bits per heavy atom. The fourth-order valence-electron chi connectivity index (χ4n) is 2.81. The maximum Gasteiger partial charge on any atom is 0.270 e. The average molecular weight is 345 g/mol. The summed E-state index contributed by atoms with van der Waals surface area (Å²) >= 11 is 1.49. The Hall–Kier alpha value is -1.92. The Labute approximate surface area is 146 Å². The zero-order chi connectivity index (χ0) is 16.8. The Morgan fingerprint density at radius 1 is 1.42 bits per heavy atom. The molecule has 24 heavy (non-hydrogen) atoms. The van der Waals surface area contributed by atoms with Crippen LogP contribution < -0.4 is 15.4 Å². The molecule has 2 heterocycles. The molecule has 128 valence electrons. The number of ether oxygens (including phenoxy) is 1. The molecule has 1 fully saturated rings. The molecule has 0 radical (unpaired) electrons. The molecule has 3 rings (SSSR count). The minimum Gasteiger partial charge on any atom is -0.494 e. The molecule has 0 spiro atoms. The van der Waals surface area contributed by atoms with E-state index < -0.39 is 0 Å². The SMILES string of the molecule is CCOc1ccc(-c2nc(C(=O)NCCC3CCNC3)cs2)cc1. The van der Waals surface area contributed by atoms with Gasteiger partial charge in [0.05, 0.1) is 6.61 Å². The first kappa shape index (κ1) is 16.9. The lowest BCUT2D eigenvalue weighted by molar-refractivity contribution is 0.0947. The van der Waals surface area contributed by atoms with E-state index in [9.17, 15) is 4.79 Å². The van der Waals surface area contributed by atoms with E-state index in [1.807, 2.05) is 36.6 Å². The van der Waals surface area contributed by atoms with Crippen LogP contribution in [0.5, 0.6) is 5.75 Å². The summed E-state index contributed by atoms with van der Waals surface area (Å²) in [5.74, 6) is 1.44. The Bertz CT molecular complexity index is 663. The fraction of sp³-hybridized carbons (Fsp3) is 0.444. The Balaban J connectivity index is 1.54. The normalized spacial score (nSPS) is 17.0. The van der Waals surface area contributed by atoms with Gasteiger partial charge in [-0.15, -0.1) is 11.3 Å². The predicted octanol–water partition coefficient (Wildman–Crippen LogP) is 2.94. The van der Waals surface area contributed by atoms with Gasteiger partial charge in [-0.2, -0.15) is 0 Å². The smallest absolute Gasteiger partial charge is 0.270 e. The highest BCUT2D eigenvalue weighted by Gasteiger charge is 2.15. The summed E-state index contributed by atoms with van der Waals surface area (Å²) < 4.78 is 5.44. The minimum atomic E-state index is -0.0885. The summed E-state index contributed by atoms with van der Waals surface area (Å²) in [6.07, 6.45) is 2.23. The van der Waals surface area contributed by atoms with Gasteiger partial charge in [-0.3, -0.25) is 4.79 Å². The molecule has 0 bridgehead atoms. The van der Waals surface area contributed by atoms with Gasteiger partial charge in [0.25, 0.3) is 5.91 Å². The zero-order valence-corrected chi connectivity index (χ0v) is 14.7. The van der Waals surface area contributed by atoms with E-state index in [-0.39, 0.29) is 5.91 Å². The Kier molecular flexibility index (Phi) is 5.82. The van der Waals surface area contributed by atoms with Gasteiger partial charge < -0.3 is 15.4 Å². The first-order valence-corrected chi connectivity index (χ1v) is 9.32. The minimum absolute atomic E-state index is 0.0885. The van der Waals surface area contributed by atoms with E-state index >= 15 is 0 Å². The van der Waals surface area contributed by atoms with Crippen LogP contribution in [0.3, 0.4) is 0 Å². The van der Waals surface area contributed by atoms with Crippen LogP contribution in [0.15, 0.2) is 29.6 Å². The summed E-state index contributed by atoms with van der Waals surface area (Å²) in [5.41, 5.74) is 1.49. The second-order valence-electron chi connectivity index (χ2n) is 5.90. The summed E-state index contributed by atoms with van der Waals surface area (Å²) in [7, 11) is 0. The van der Waals surface area contributed by atoms with Crippen molar-refractivity contribution in [2.75, 3.05) is 26.2 Å². The molecule has 1 amide bonds. The van der Waals surface area contributed by atoms with Crippen LogP contribution in [0, 0.1) is 5.92 Å². The topological polar surface area (TPSA) is 63.2 Å². The number of hydrogen-bond acceptors (Lipinski definition) is 5. The Morgan fingerprint density at radius 3 is 2.96 bits per heavy atom. The van der Waals surface area contributed by atoms with Crippen molar-refractivity contribution < 1.29 is 9.53 Å². The quantitative estimate of drug-likeness (QED) is 0.810. The van der Waals surface area contributed by atoms with Crippen LogP contribution in [-0.2, 0) is 0 Å². The number of nitrogens with zero attached hydrogens (tertiary/aromatic N) is 1. The van der Waals surface area contributed by atoms with Crippen molar-refractivity contribution in [3.8, 4) is 16.3 Å². The number of amides is 1. The predicted molar refractivity (Wildman–Crippen MR) is 96.6 cm³/mol. The van der Waals surface area contributed by atoms with Gasteiger partial charge >= 0.3 is 0 Å². The van der Waals surface area contributed by atoms with E-state index in [1.54, 1.807) is 0 Å². The first-order chi connectivity index (χ1) is 11.8. The maximum atomic E-state index is 12.2. The highest BCUT2D eigenvalue weighted by Crippen LogP contribution is 2.25. The number of aromatic nitrogens is 1. The van der Waals surface area contributed by atoms with Gasteiger partial charge in [-0.1, -0.05) is 0 Å². The highest BCUT2D eigenvalue weighted by molar-refractivity contribution is 7.13. The number of carbonyl (C=O) groups excluding carboxylic acids is 1. The summed E-state index contributed by atoms with van der Waals surface area (Å²) in [5, 5.41) is 8.98. The molecule has 0 saturated carbocycles. The number of hydrogen-bond donors (Lipinski definition) is 2. The summed E-state index contributed by atoms with van der Waals surface area (Å²) in [6.45, 7) is 5.48. The van der Waals surface area contributed by atoms with E-state index in [1.165, 1.54) is 17.8 Å². The van der Waals surface area contributed by atoms with Gasteiger partial charge in [0.1, 0.15) is 16.5 Å². The monoisotopic (exact) mass is 345 g/mol. The fourth-order valence-corrected chi connectivity index (χ4v) is 3.62. The average Bonchev–Trinajstić information content (AvgIpc) is 3.27. The van der Waals surface area contributed by atoms with Crippen LogP contribution in [0.4, 0.5) is 0 Å². The third kappa shape index (κ3) is 4.33. The highest BCUT2D eigenvalue weighted by atomic mass is 32.1. The number of benzene rings is 1. The molecule has 1 atom stereocenters. The van der Waals surface area contributed by atoms with E-state index in [0.717, 1.165) is 35.8 Å². The van der Waals surface area contributed by atoms with Crippen LogP contribution in [0.2, 0.25) is 0 Å². The standard InChI is InChI=1S/C18H23N3O2S/c1-2-23-15-5-3-14(4-6-15)18-21-16(12-24-18)17(22)20-10-8-13-7-9-19-11-13/h3-6,12-13,19H,2,7-11H2,1H3,(H,20,22). The summed E-state index contributed by atoms with van der Waals surface area (Å²) in [4.78, 5) is 16.7. The molecular weight excluding hydrogens is 322 g/mol. The molecule has 1 unspecified atom stereocenters. The second kappa shape index (κ2) is 8.26. The maximum absolute atomic E-state index is 12.2. The zero-order valence-electron chi connectivity index (χ0n) is 13.9. The van der Waals surface area contributed by atoms with E-state index in [4.69, 9.17) is 4.74 Å². The van der Waals surface area contributed by atoms with Crippen LogP contribution in [0.1, 0.15) is 30.3 Å². The summed E-state index contributed by atoms with van der Waals surface area (Å²) in [6, 6.07) is 7.79. The molecule has 2 aromatic rings. The largest absolute Gasteiger partial charge is 0.494 e. The van der Waals surface area contributed by atoms with Crippen molar-refractivity contribution in [1.82, 2.24) is 15.6 Å². The second-order valence-corrected chi connectivity index (χ2v) is 6.76. The van der Waals surface area contributed by atoms with E-state index in [2.05, 4.69) is 15.6 Å². The molecule has 1 aromatic carbocycles. The first-order valence-electron chi connectivity index (χ1n) is 8.44. The van der Waals surface area contributed by atoms with Crippen molar-refractivity contribution in [2.45, 2.75) is 19.8 Å². The lowest BCUT2D eigenvalue weighted by atomic mass is 10.1. The van der Waals surface area contributed by atoms with Crippen molar-refractivity contribution in [2.24, 2.45) is 5.92 Å². The third-order valence-corrected chi connectivity index (χ3v) is 5.04. The molecule has 1 saturated heterocycles. The lowest BCUT2D eigenvalue weighted by Crippen LogP contribution is -2.26. The van der Waals surface area contributed by atoms with Gasteiger partial charge in [-0.05, 0) is 63.0 Å². The van der Waals surface area contributed by atoms with Gasteiger partial charge in [0.15, 0.2) is 0 Å². The number of nitrogens with one attached hydrogen (secondary N) is 2. The van der Waals surface area contributed by atoms with Crippen molar-refractivity contribution >= 4 is 17.2 Å². The van der Waals surface area contributed by atoms with E-state index in [0.29, 0.717) is 24.8 Å². The molecule has 2 N–H and O–H groups in total. The van der Waals surface area contributed by atoms with Crippen molar-refractivity contribution in [3.63, 3.8) is 0 Å². The molecule has 1 aliphatic rings. The van der Waals surface area contributed by atoms with Crippen LogP contribution in [-0.4, -0.2) is 37.1 Å². The van der Waals surface area contributed by atoms with Crippen LogP contribution in [0.25, 0.3) is 10.6 Å². The lowest BCUT2D eigenvalue weighted by Gasteiger charge is -2.08. The molecule has 1 aromatic heterocycles. The van der Waals surface area contributed by atoms with Crippen LogP contribution >= 0.6 is 11.3 Å². The van der Waals surface area contributed by atoms with Gasteiger partial charge in [-0.25, -0.2) is 4.98 Å². The van der Waals surface area contributed by atoms with Gasteiger partial charge in [0, 0.05) is 17.5 Å². The van der Waals surface area contributed by atoms with Gasteiger partial charge in [0.2, 0.25) is 0 Å². The molecule has 6 heteroatoms.